The maximum Gasteiger partial charge on any atom is 0.421 e. The Morgan fingerprint density at radius 3 is 2.59 bits per heavy atom. The number of hydrogen-bond donors (Lipinski definition) is 1. The van der Waals surface area contributed by atoms with Crippen molar-refractivity contribution in [3.8, 4) is 0 Å². The van der Waals surface area contributed by atoms with E-state index < -0.39 is 17.9 Å². The van der Waals surface area contributed by atoms with Crippen LogP contribution in [-0.2, 0) is 11.2 Å². The first-order chi connectivity index (χ1) is 13.9. The van der Waals surface area contributed by atoms with Gasteiger partial charge in [-0.05, 0) is 48.6 Å². The van der Waals surface area contributed by atoms with Crippen molar-refractivity contribution in [2.45, 2.75) is 32.4 Å². The van der Waals surface area contributed by atoms with Crippen molar-refractivity contribution in [2.24, 2.45) is 5.92 Å². The minimum absolute atomic E-state index is 0.0952. The van der Waals surface area contributed by atoms with E-state index in [-0.39, 0.29) is 17.9 Å². The smallest absolute Gasteiger partial charge is 0.421 e. The molecule has 0 aliphatic carbocycles. The van der Waals surface area contributed by atoms with Gasteiger partial charge < -0.3 is 14.4 Å². The van der Waals surface area contributed by atoms with Gasteiger partial charge in [-0.25, -0.2) is 9.59 Å². The van der Waals surface area contributed by atoms with Crippen molar-refractivity contribution in [3.05, 3.63) is 70.2 Å². The Balaban J connectivity index is 1.64. The van der Waals surface area contributed by atoms with Crippen molar-refractivity contribution < 1.29 is 19.1 Å². The number of carbonyl (C=O) groups excluding carboxylic acids is 1. The van der Waals surface area contributed by atoms with Crippen LogP contribution in [0.4, 0.5) is 0 Å². The molecule has 2 aromatic carbocycles. The summed E-state index contributed by atoms with van der Waals surface area (Å²) in [5.74, 6) is -1.19. The predicted molar refractivity (Wildman–Crippen MR) is 107 cm³/mol. The molecule has 2 heterocycles. The number of piperidine rings is 1. The summed E-state index contributed by atoms with van der Waals surface area (Å²) in [4.78, 5) is 38.4. The zero-order chi connectivity index (χ0) is 20.5. The molecule has 0 radical (unpaired) electrons. The molecular formula is C22H22N2O5. The molecule has 1 aromatic heterocycles. The molecule has 4 rings (SSSR count). The van der Waals surface area contributed by atoms with Crippen LogP contribution >= 0.6 is 0 Å². The summed E-state index contributed by atoms with van der Waals surface area (Å²) in [5.41, 5.74) is 2.11. The lowest BCUT2D eigenvalue weighted by atomic mass is 9.95. The number of carboxylic acid groups (broad SMARTS) is 1. The molecule has 1 fully saturated rings. The second-order valence-corrected chi connectivity index (χ2v) is 7.58. The first-order valence-electron chi connectivity index (χ1n) is 9.66. The summed E-state index contributed by atoms with van der Waals surface area (Å²) in [6, 6.07) is 13.5. The highest BCUT2D eigenvalue weighted by Crippen LogP contribution is 2.32. The third-order valence-corrected chi connectivity index (χ3v) is 5.53. The molecule has 7 nitrogen and oxygen atoms in total. The average molecular weight is 394 g/mol. The minimum atomic E-state index is -1.00. The second kappa shape index (κ2) is 7.58. The molecule has 150 valence electrons. The summed E-state index contributed by atoms with van der Waals surface area (Å²) in [6.07, 6.45) is 1.29. The highest BCUT2D eigenvalue weighted by Gasteiger charge is 2.33. The van der Waals surface area contributed by atoms with Gasteiger partial charge in [0.05, 0.1) is 17.5 Å². The molecular weight excluding hydrogens is 372 g/mol. The lowest BCUT2D eigenvalue weighted by molar-refractivity contribution is -0.137. The van der Waals surface area contributed by atoms with Crippen LogP contribution in [0.2, 0.25) is 0 Å². The van der Waals surface area contributed by atoms with Gasteiger partial charge in [0.2, 0.25) is 5.91 Å². The van der Waals surface area contributed by atoms with Crippen molar-refractivity contribution in [1.29, 1.82) is 0 Å². The number of nitrogens with zero attached hydrogens (tertiary/aromatic N) is 2. The Hall–Kier alpha value is -3.35. The number of para-hydroxylation sites is 2. The van der Waals surface area contributed by atoms with E-state index in [2.05, 4.69) is 6.92 Å². The van der Waals surface area contributed by atoms with Crippen molar-refractivity contribution >= 4 is 23.0 Å². The first kappa shape index (κ1) is 19.0. The Morgan fingerprint density at radius 2 is 1.86 bits per heavy atom. The Bertz CT molecular complexity index is 1110. The highest BCUT2D eigenvalue weighted by molar-refractivity contribution is 5.88. The number of rotatable bonds is 4. The molecule has 0 spiro atoms. The van der Waals surface area contributed by atoms with Crippen LogP contribution in [0.3, 0.4) is 0 Å². The van der Waals surface area contributed by atoms with E-state index in [1.54, 1.807) is 27.7 Å². The van der Waals surface area contributed by atoms with E-state index in [4.69, 9.17) is 9.52 Å². The molecule has 7 heteroatoms. The van der Waals surface area contributed by atoms with Gasteiger partial charge in [0, 0.05) is 6.54 Å². The van der Waals surface area contributed by atoms with E-state index in [1.807, 2.05) is 18.2 Å². The predicted octanol–water partition coefficient (Wildman–Crippen LogP) is 3.29. The fourth-order valence-corrected chi connectivity index (χ4v) is 3.96. The number of aromatic nitrogens is 1. The third kappa shape index (κ3) is 3.68. The topological polar surface area (TPSA) is 92.8 Å². The number of oxazole rings is 1. The quantitative estimate of drug-likeness (QED) is 0.733. The van der Waals surface area contributed by atoms with Crippen LogP contribution in [0, 0.1) is 5.92 Å². The number of amides is 1. The van der Waals surface area contributed by atoms with Gasteiger partial charge >= 0.3 is 11.7 Å². The van der Waals surface area contributed by atoms with Crippen molar-refractivity contribution in [1.82, 2.24) is 9.47 Å². The van der Waals surface area contributed by atoms with Gasteiger partial charge in [0.25, 0.3) is 0 Å². The number of hydrogen-bond acceptors (Lipinski definition) is 4. The third-order valence-electron chi connectivity index (χ3n) is 5.53. The number of carbonyl (C=O) groups is 2. The van der Waals surface area contributed by atoms with Crippen LogP contribution in [0.25, 0.3) is 11.1 Å². The Labute approximate surface area is 167 Å². The number of fused-ring (bicyclic) bond motifs is 1. The highest BCUT2D eigenvalue weighted by atomic mass is 16.4. The molecule has 29 heavy (non-hydrogen) atoms. The molecule has 1 aliphatic heterocycles. The fraction of sp³-hybridized carbons (Fsp3) is 0.318. The largest absolute Gasteiger partial charge is 0.478 e. The van der Waals surface area contributed by atoms with Gasteiger partial charge in [-0.2, -0.15) is 0 Å². The van der Waals surface area contributed by atoms with E-state index >= 15 is 0 Å². The van der Waals surface area contributed by atoms with Gasteiger partial charge in [-0.15, -0.1) is 0 Å². The van der Waals surface area contributed by atoms with Gasteiger partial charge in [0.1, 0.15) is 6.17 Å². The van der Waals surface area contributed by atoms with Crippen LogP contribution in [-0.4, -0.2) is 33.0 Å². The van der Waals surface area contributed by atoms with E-state index in [1.165, 1.54) is 12.1 Å². The Morgan fingerprint density at radius 1 is 1.14 bits per heavy atom. The summed E-state index contributed by atoms with van der Waals surface area (Å²) in [6.45, 7) is 2.68. The molecule has 1 saturated heterocycles. The molecule has 1 N–H and O–H groups in total. The van der Waals surface area contributed by atoms with Gasteiger partial charge in [0.15, 0.2) is 5.58 Å². The van der Waals surface area contributed by atoms with Crippen LogP contribution in [0.1, 0.15) is 41.9 Å². The average Bonchev–Trinajstić information content (AvgIpc) is 3.03. The fourth-order valence-electron chi connectivity index (χ4n) is 3.96. The number of benzene rings is 2. The lowest BCUT2D eigenvalue weighted by Crippen LogP contribution is -2.46. The molecule has 1 aliphatic rings. The summed E-state index contributed by atoms with van der Waals surface area (Å²) >= 11 is 0. The second-order valence-electron chi connectivity index (χ2n) is 7.58. The van der Waals surface area contributed by atoms with E-state index in [0.717, 1.165) is 12.0 Å². The van der Waals surface area contributed by atoms with E-state index in [0.29, 0.717) is 30.0 Å². The number of likely N-dealkylation sites (tertiary alicyclic amines) is 1. The summed E-state index contributed by atoms with van der Waals surface area (Å²) < 4.78 is 6.96. The molecule has 1 amide bonds. The monoisotopic (exact) mass is 394 g/mol. The van der Waals surface area contributed by atoms with Gasteiger partial charge in [-0.1, -0.05) is 31.2 Å². The standard InChI is InChI=1S/C22H22N2O5/c1-14-10-11-23(20(25)13-15-6-8-16(9-7-15)21(26)27)19(12-14)24-17-4-2-3-5-18(17)29-22(24)28/h2-9,14,19H,10-13H2,1H3,(H,26,27). The maximum absolute atomic E-state index is 13.1. The molecule has 3 aromatic rings. The van der Waals surface area contributed by atoms with E-state index in [9.17, 15) is 14.4 Å². The minimum Gasteiger partial charge on any atom is -0.478 e. The molecule has 2 atom stereocenters. The van der Waals surface area contributed by atoms with Crippen molar-refractivity contribution in [3.63, 3.8) is 0 Å². The number of aromatic carboxylic acids is 1. The van der Waals surface area contributed by atoms with Gasteiger partial charge in [-0.3, -0.25) is 9.36 Å². The van der Waals surface area contributed by atoms with Crippen LogP contribution in [0.15, 0.2) is 57.7 Å². The first-order valence-corrected chi connectivity index (χ1v) is 9.66. The molecule has 2 unspecified atom stereocenters. The summed E-state index contributed by atoms with van der Waals surface area (Å²) in [5, 5.41) is 9.02. The SMILES string of the molecule is CC1CCN(C(=O)Cc2ccc(C(=O)O)cc2)C(n2c(=O)oc3ccccc32)C1. The van der Waals surface area contributed by atoms with Crippen molar-refractivity contribution in [2.75, 3.05) is 6.54 Å². The van der Waals surface area contributed by atoms with Crippen LogP contribution in [0.5, 0.6) is 0 Å². The lowest BCUT2D eigenvalue weighted by Gasteiger charge is -2.38. The normalized spacial score (nSPS) is 19.4. The zero-order valence-corrected chi connectivity index (χ0v) is 16.1. The molecule has 0 bridgehead atoms. The Kier molecular flexibility index (Phi) is 4.96. The zero-order valence-electron chi connectivity index (χ0n) is 16.1. The maximum atomic E-state index is 13.1. The summed E-state index contributed by atoms with van der Waals surface area (Å²) in [7, 11) is 0. The van der Waals surface area contributed by atoms with Crippen LogP contribution < -0.4 is 5.76 Å². The molecule has 0 saturated carbocycles. The number of carboxylic acids is 1.